The summed E-state index contributed by atoms with van der Waals surface area (Å²) < 4.78 is 5.46. The highest BCUT2D eigenvalue weighted by Crippen LogP contribution is 2.37. The zero-order chi connectivity index (χ0) is 13.4. The van der Waals surface area contributed by atoms with Gasteiger partial charge in [0, 0.05) is 5.69 Å². The van der Waals surface area contributed by atoms with Gasteiger partial charge in [0.25, 0.3) is 5.91 Å². The van der Waals surface area contributed by atoms with Crippen molar-refractivity contribution in [3.8, 4) is 5.75 Å². The van der Waals surface area contributed by atoms with Gasteiger partial charge in [-0.15, -0.1) is 0 Å². The van der Waals surface area contributed by atoms with Gasteiger partial charge in [0.1, 0.15) is 5.75 Å². The van der Waals surface area contributed by atoms with E-state index < -0.39 is 0 Å². The molecule has 0 aromatic heterocycles. The first-order valence-corrected chi connectivity index (χ1v) is 6.28. The van der Waals surface area contributed by atoms with E-state index >= 15 is 0 Å². The van der Waals surface area contributed by atoms with Crippen LogP contribution < -0.4 is 9.64 Å². The van der Waals surface area contributed by atoms with E-state index in [4.69, 9.17) is 4.74 Å². The van der Waals surface area contributed by atoms with Crippen molar-refractivity contribution < 1.29 is 9.53 Å². The van der Waals surface area contributed by atoms with Gasteiger partial charge in [0.05, 0.1) is 5.69 Å². The van der Waals surface area contributed by atoms with Crippen molar-refractivity contribution in [3.63, 3.8) is 0 Å². The molecular formula is C16H15NO2. The van der Waals surface area contributed by atoms with E-state index in [-0.39, 0.29) is 12.5 Å². The predicted molar refractivity (Wildman–Crippen MR) is 75.0 cm³/mol. The van der Waals surface area contributed by atoms with E-state index in [2.05, 4.69) is 6.07 Å². The SMILES string of the molecule is Cc1cc(C)cc(N2C(=O)COc3ccccc32)c1. The molecule has 0 aliphatic carbocycles. The number of anilines is 2. The molecule has 3 heteroatoms. The van der Waals surface area contributed by atoms with Gasteiger partial charge in [-0.05, 0) is 49.2 Å². The van der Waals surface area contributed by atoms with Crippen molar-refractivity contribution in [2.75, 3.05) is 11.5 Å². The maximum absolute atomic E-state index is 12.2. The highest BCUT2D eigenvalue weighted by atomic mass is 16.5. The van der Waals surface area contributed by atoms with Crippen LogP contribution in [0.2, 0.25) is 0 Å². The Morgan fingerprint density at radius 2 is 1.74 bits per heavy atom. The summed E-state index contributed by atoms with van der Waals surface area (Å²) >= 11 is 0. The van der Waals surface area contributed by atoms with E-state index in [0.717, 1.165) is 28.3 Å². The molecule has 3 nitrogen and oxygen atoms in total. The first-order chi connectivity index (χ1) is 9.15. The lowest BCUT2D eigenvalue weighted by Crippen LogP contribution is -2.35. The Bertz CT molecular complexity index is 629. The molecule has 0 saturated carbocycles. The first-order valence-electron chi connectivity index (χ1n) is 6.28. The van der Waals surface area contributed by atoms with Crippen molar-refractivity contribution in [2.24, 2.45) is 0 Å². The van der Waals surface area contributed by atoms with Crippen molar-refractivity contribution in [3.05, 3.63) is 53.6 Å². The lowest BCUT2D eigenvalue weighted by atomic mass is 10.1. The molecule has 1 amide bonds. The molecule has 0 saturated heterocycles. The van der Waals surface area contributed by atoms with Gasteiger partial charge in [-0.25, -0.2) is 0 Å². The topological polar surface area (TPSA) is 29.5 Å². The van der Waals surface area contributed by atoms with Gasteiger partial charge in [-0.3, -0.25) is 9.69 Å². The second-order valence-corrected chi connectivity index (χ2v) is 4.83. The number of ether oxygens (including phenoxy) is 1. The number of hydrogen-bond donors (Lipinski definition) is 0. The molecule has 0 fully saturated rings. The minimum absolute atomic E-state index is 0.0382. The minimum atomic E-state index is -0.0382. The number of aryl methyl sites for hydroxylation is 2. The second-order valence-electron chi connectivity index (χ2n) is 4.83. The van der Waals surface area contributed by atoms with Crippen LogP contribution in [0.3, 0.4) is 0 Å². The van der Waals surface area contributed by atoms with Gasteiger partial charge in [-0.2, -0.15) is 0 Å². The van der Waals surface area contributed by atoms with Crippen LogP contribution in [0.5, 0.6) is 5.75 Å². The summed E-state index contributed by atoms with van der Waals surface area (Å²) in [5.41, 5.74) is 4.00. The average Bonchev–Trinajstić information content (AvgIpc) is 2.37. The minimum Gasteiger partial charge on any atom is -0.482 e. The van der Waals surface area contributed by atoms with E-state index in [1.165, 1.54) is 0 Å². The third-order valence-electron chi connectivity index (χ3n) is 3.17. The highest BCUT2D eigenvalue weighted by Gasteiger charge is 2.26. The van der Waals surface area contributed by atoms with Crippen LogP contribution in [-0.4, -0.2) is 12.5 Å². The van der Waals surface area contributed by atoms with Crippen LogP contribution in [0.1, 0.15) is 11.1 Å². The number of rotatable bonds is 1. The smallest absolute Gasteiger partial charge is 0.269 e. The fourth-order valence-corrected chi connectivity index (χ4v) is 2.47. The van der Waals surface area contributed by atoms with Crippen LogP contribution >= 0.6 is 0 Å². The molecule has 2 aromatic carbocycles. The number of amides is 1. The maximum Gasteiger partial charge on any atom is 0.269 e. The molecule has 1 heterocycles. The molecule has 0 bridgehead atoms. The summed E-state index contributed by atoms with van der Waals surface area (Å²) in [5, 5.41) is 0. The third kappa shape index (κ3) is 2.08. The Labute approximate surface area is 112 Å². The van der Waals surface area contributed by atoms with Crippen LogP contribution in [0, 0.1) is 13.8 Å². The van der Waals surface area contributed by atoms with Crippen molar-refractivity contribution in [1.29, 1.82) is 0 Å². The molecule has 1 aliphatic heterocycles. The van der Waals surface area contributed by atoms with E-state index in [1.54, 1.807) is 4.90 Å². The van der Waals surface area contributed by atoms with E-state index in [9.17, 15) is 4.79 Å². The fraction of sp³-hybridized carbons (Fsp3) is 0.188. The molecular weight excluding hydrogens is 238 g/mol. The third-order valence-corrected chi connectivity index (χ3v) is 3.17. The van der Waals surface area contributed by atoms with Gasteiger partial charge in [0.15, 0.2) is 6.61 Å². The summed E-state index contributed by atoms with van der Waals surface area (Å²) in [4.78, 5) is 13.9. The van der Waals surface area contributed by atoms with Crippen molar-refractivity contribution in [1.82, 2.24) is 0 Å². The Morgan fingerprint density at radius 3 is 2.47 bits per heavy atom. The molecule has 0 spiro atoms. The van der Waals surface area contributed by atoms with Crippen LogP contribution in [0.15, 0.2) is 42.5 Å². The number of fused-ring (bicyclic) bond motifs is 1. The van der Waals surface area contributed by atoms with E-state index in [1.807, 2.05) is 50.2 Å². The molecule has 0 atom stereocenters. The molecule has 96 valence electrons. The molecule has 0 N–H and O–H groups in total. The largest absolute Gasteiger partial charge is 0.482 e. The van der Waals surface area contributed by atoms with Crippen molar-refractivity contribution in [2.45, 2.75) is 13.8 Å². The number of nitrogens with zero attached hydrogens (tertiary/aromatic N) is 1. The Balaban J connectivity index is 2.15. The normalized spacial score (nSPS) is 14.0. The molecule has 3 rings (SSSR count). The van der Waals surface area contributed by atoms with Gasteiger partial charge in [0.2, 0.25) is 0 Å². The molecule has 0 unspecified atom stereocenters. The lowest BCUT2D eigenvalue weighted by molar-refractivity contribution is -0.120. The number of para-hydroxylation sites is 2. The number of benzene rings is 2. The summed E-state index contributed by atoms with van der Waals surface area (Å²) in [7, 11) is 0. The Kier molecular flexibility index (Phi) is 2.75. The zero-order valence-corrected chi connectivity index (χ0v) is 11.0. The second kappa shape index (κ2) is 4.43. The van der Waals surface area contributed by atoms with Crippen LogP contribution in [0.4, 0.5) is 11.4 Å². The summed E-state index contributed by atoms with van der Waals surface area (Å²) in [6, 6.07) is 13.8. The van der Waals surface area contributed by atoms with Gasteiger partial charge >= 0.3 is 0 Å². The number of carbonyl (C=O) groups excluding carboxylic acids is 1. The Morgan fingerprint density at radius 1 is 1.05 bits per heavy atom. The zero-order valence-electron chi connectivity index (χ0n) is 11.0. The molecule has 0 radical (unpaired) electrons. The summed E-state index contributed by atoms with van der Waals surface area (Å²) in [6.45, 7) is 4.16. The molecule has 2 aromatic rings. The number of hydrogen-bond acceptors (Lipinski definition) is 2. The standard InChI is InChI=1S/C16H15NO2/c1-11-7-12(2)9-13(8-11)17-14-5-3-4-6-15(14)19-10-16(17)18/h3-9H,10H2,1-2H3. The number of carbonyl (C=O) groups is 1. The summed E-state index contributed by atoms with van der Waals surface area (Å²) in [5.74, 6) is 0.713. The van der Waals surface area contributed by atoms with Gasteiger partial charge < -0.3 is 4.74 Å². The maximum atomic E-state index is 12.2. The van der Waals surface area contributed by atoms with Crippen molar-refractivity contribution >= 4 is 17.3 Å². The van der Waals surface area contributed by atoms with Crippen LogP contribution in [0.25, 0.3) is 0 Å². The predicted octanol–water partition coefficient (Wildman–Crippen LogP) is 3.36. The monoisotopic (exact) mass is 253 g/mol. The van der Waals surface area contributed by atoms with E-state index in [0.29, 0.717) is 0 Å². The quantitative estimate of drug-likeness (QED) is 0.780. The molecule has 1 aliphatic rings. The average molecular weight is 253 g/mol. The molecule has 19 heavy (non-hydrogen) atoms. The Hall–Kier alpha value is -2.29. The highest BCUT2D eigenvalue weighted by molar-refractivity contribution is 6.04. The fourth-order valence-electron chi connectivity index (χ4n) is 2.47. The van der Waals surface area contributed by atoms with Gasteiger partial charge in [-0.1, -0.05) is 18.2 Å². The summed E-state index contributed by atoms with van der Waals surface area (Å²) in [6.07, 6.45) is 0. The lowest BCUT2D eigenvalue weighted by Gasteiger charge is -2.29. The first kappa shape index (κ1) is 11.8. The van der Waals surface area contributed by atoms with Crippen LogP contribution in [-0.2, 0) is 4.79 Å².